The van der Waals surface area contributed by atoms with E-state index in [1.54, 1.807) is 11.3 Å². The summed E-state index contributed by atoms with van der Waals surface area (Å²) in [5, 5.41) is 3.54. The lowest BCUT2D eigenvalue weighted by Crippen LogP contribution is -2.43. The highest BCUT2D eigenvalue weighted by Crippen LogP contribution is 2.23. The number of halogens is 2. The molecule has 0 unspecified atom stereocenters. The number of likely N-dealkylation sites (tertiary alicyclic amines) is 1. The first-order valence-electron chi connectivity index (χ1n) is 9.76. The molecule has 1 aliphatic heterocycles. The molecule has 0 saturated carbocycles. The van der Waals surface area contributed by atoms with Crippen LogP contribution in [0.25, 0.3) is 0 Å². The number of piperidine rings is 1. The smallest absolute Gasteiger partial charge is 0.208 e. The zero-order valence-corrected chi connectivity index (χ0v) is 21.5. The Morgan fingerprint density at radius 1 is 1.38 bits per heavy atom. The number of oxazole rings is 1. The van der Waals surface area contributed by atoms with Crippen LogP contribution in [0.2, 0.25) is 4.34 Å². The second kappa shape index (κ2) is 11.5. The van der Waals surface area contributed by atoms with Crippen LogP contribution in [0.4, 0.5) is 0 Å². The van der Waals surface area contributed by atoms with Gasteiger partial charge in [0.1, 0.15) is 5.76 Å². The SMILES string of the molecule is CN=C(NCC1CCN(Cc2nc(C)c(C)o2)CC1)N(C)Cc1ccc(Cl)s1.I. The van der Waals surface area contributed by atoms with E-state index in [9.17, 15) is 0 Å². The minimum atomic E-state index is 0. The largest absolute Gasteiger partial charge is 0.444 e. The van der Waals surface area contributed by atoms with Gasteiger partial charge in [0, 0.05) is 25.5 Å². The number of aliphatic imine (C=N–C) groups is 1. The van der Waals surface area contributed by atoms with Crippen LogP contribution >= 0.6 is 46.9 Å². The maximum atomic E-state index is 6.03. The number of hydrogen-bond acceptors (Lipinski definition) is 5. The van der Waals surface area contributed by atoms with Crippen molar-refractivity contribution in [1.82, 2.24) is 20.1 Å². The monoisotopic (exact) mass is 551 g/mol. The van der Waals surface area contributed by atoms with Gasteiger partial charge in [-0.25, -0.2) is 4.98 Å². The van der Waals surface area contributed by atoms with Gasteiger partial charge in [-0.05, 0) is 57.8 Å². The van der Waals surface area contributed by atoms with Crippen LogP contribution in [0, 0.1) is 19.8 Å². The van der Waals surface area contributed by atoms with Gasteiger partial charge in [0.05, 0.1) is 23.1 Å². The minimum absolute atomic E-state index is 0. The molecule has 0 atom stereocenters. The van der Waals surface area contributed by atoms with Gasteiger partial charge < -0.3 is 14.6 Å². The van der Waals surface area contributed by atoms with Gasteiger partial charge in [-0.15, -0.1) is 35.3 Å². The van der Waals surface area contributed by atoms with Crippen molar-refractivity contribution < 1.29 is 4.42 Å². The van der Waals surface area contributed by atoms with E-state index in [4.69, 9.17) is 16.0 Å². The van der Waals surface area contributed by atoms with Crippen molar-refractivity contribution in [3.05, 3.63) is 38.7 Å². The summed E-state index contributed by atoms with van der Waals surface area (Å²) in [6.45, 7) is 8.70. The molecule has 0 spiro atoms. The molecule has 2 aromatic rings. The lowest BCUT2D eigenvalue weighted by molar-refractivity contribution is 0.163. The van der Waals surface area contributed by atoms with Gasteiger partial charge in [0.25, 0.3) is 0 Å². The third kappa shape index (κ3) is 7.11. The highest BCUT2D eigenvalue weighted by molar-refractivity contribution is 14.0. The minimum Gasteiger partial charge on any atom is -0.444 e. The Morgan fingerprint density at radius 3 is 2.66 bits per heavy atom. The Kier molecular flexibility index (Phi) is 9.71. The van der Waals surface area contributed by atoms with Crippen molar-refractivity contribution in [3.63, 3.8) is 0 Å². The predicted molar refractivity (Wildman–Crippen MR) is 132 cm³/mol. The molecule has 0 bridgehead atoms. The summed E-state index contributed by atoms with van der Waals surface area (Å²) in [6, 6.07) is 4.02. The third-order valence-corrected chi connectivity index (χ3v) is 6.50. The van der Waals surface area contributed by atoms with Gasteiger partial charge in [-0.2, -0.15) is 0 Å². The quantitative estimate of drug-likeness (QED) is 0.324. The van der Waals surface area contributed by atoms with Gasteiger partial charge in [0.15, 0.2) is 5.96 Å². The molecule has 0 aromatic carbocycles. The molecule has 6 nitrogen and oxygen atoms in total. The fraction of sp³-hybridized carbons (Fsp3) is 0.600. The van der Waals surface area contributed by atoms with Crippen molar-refractivity contribution in [1.29, 1.82) is 0 Å². The average molecular weight is 552 g/mol. The molecule has 1 N–H and O–H groups in total. The van der Waals surface area contributed by atoms with Gasteiger partial charge in [-0.3, -0.25) is 9.89 Å². The van der Waals surface area contributed by atoms with Crippen LogP contribution in [0.1, 0.15) is 35.1 Å². The van der Waals surface area contributed by atoms with Gasteiger partial charge in [-0.1, -0.05) is 11.6 Å². The molecule has 3 heterocycles. The van der Waals surface area contributed by atoms with Crippen molar-refractivity contribution >= 4 is 52.9 Å². The normalized spacial score (nSPS) is 16.0. The van der Waals surface area contributed by atoms with E-state index < -0.39 is 0 Å². The van der Waals surface area contributed by atoms with E-state index in [1.165, 1.54) is 17.7 Å². The van der Waals surface area contributed by atoms with Crippen molar-refractivity contribution in [3.8, 4) is 0 Å². The Labute approximate surface area is 199 Å². The maximum Gasteiger partial charge on any atom is 0.208 e. The molecular formula is C20H31ClIN5OS. The lowest BCUT2D eigenvalue weighted by atomic mass is 9.97. The molecule has 29 heavy (non-hydrogen) atoms. The highest BCUT2D eigenvalue weighted by atomic mass is 127. The Hall–Kier alpha value is -0.840. The maximum absolute atomic E-state index is 6.03. The van der Waals surface area contributed by atoms with E-state index in [0.717, 1.165) is 60.4 Å². The summed E-state index contributed by atoms with van der Waals surface area (Å²) in [4.78, 5) is 14.7. The van der Waals surface area contributed by atoms with Gasteiger partial charge >= 0.3 is 0 Å². The second-order valence-corrected chi connectivity index (χ2v) is 9.26. The second-order valence-electron chi connectivity index (χ2n) is 7.46. The Bertz CT molecular complexity index is 781. The number of hydrogen-bond donors (Lipinski definition) is 1. The standard InChI is InChI=1S/C20H30ClN5OS.HI/c1-14-15(2)27-19(24-14)13-26-9-7-16(8-10-26)11-23-20(22-3)25(4)12-17-5-6-18(21)28-17;/h5-6,16H,7-13H2,1-4H3,(H,22,23);1H. The van der Waals surface area contributed by atoms with E-state index in [1.807, 2.05) is 27.0 Å². The Balaban J connectivity index is 0.00000300. The molecule has 0 aliphatic carbocycles. The summed E-state index contributed by atoms with van der Waals surface area (Å²) in [5.41, 5.74) is 0.995. The van der Waals surface area contributed by atoms with Crippen LogP contribution in [0.5, 0.6) is 0 Å². The lowest BCUT2D eigenvalue weighted by Gasteiger charge is -2.32. The number of rotatable bonds is 6. The molecule has 1 saturated heterocycles. The van der Waals surface area contributed by atoms with Crippen LogP contribution in [-0.4, -0.2) is 54.5 Å². The fourth-order valence-corrected chi connectivity index (χ4v) is 4.65. The van der Waals surface area contributed by atoms with Gasteiger partial charge in [0.2, 0.25) is 5.89 Å². The average Bonchev–Trinajstić information content (AvgIpc) is 3.21. The van der Waals surface area contributed by atoms with Crippen LogP contribution in [0.3, 0.4) is 0 Å². The molecule has 1 aliphatic rings. The molecule has 0 radical (unpaired) electrons. The summed E-state index contributed by atoms with van der Waals surface area (Å²) < 4.78 is 6.55. The summed E-state index contributed by atoms with van der Waals surface area (Å²) in [5.74, 6) is 3.35. The van der Waals surface area contributed by atoms with E-state index in [2.05, 4.69) is 38.2 Å². The summed E-state index contributed by atoms with van der Waals surface area (Å²) in [6.07, 6.45) is 2.35. The number of guanidine groups is 1. The number of nitrogens with zero attached hydrogens (tertiary/aromatic N) is 4. The molecule has 162 valence electrons. The number of nitrogens with one attached hydrogen (secondary N) is 1. The first-order chi connectivity index (χ1) is 13.4. The first kappa shape index (κ1) is 24.4. The summed E-state index contributed by atoms with van der Waals surface area (Å²) in [7, 11) is 3.90. The Morgan fingerprint density at radius 2 is 2.10 bits per heavy atom. The zero-order valence-electron chi connectivity index (χ0n) is 17.6. The third-order valence-electron chi connectivity index (χ3n) is 5.28. The topological polar surface area (TPSA) is 56.9 Å². The fourth-order valence-electron chi connectivity index (χ4n) is 3.51. The van der Waals surface area contributed by atoms with E-state index in [0.29, 0.717) is 5.92 Å². The molecule has 1 fully saturated rings. The van der Waals surface area contributed by atoms with Crippen LogP contribution < -0.4 is 5.32 Å². The zero-order chi connectivity index (χ0) is 20.1. The van der Waals surface area contributed by atoms with E-state index in [-0.39, 0.29) is 24.0 Å². The van der Waals surface area contributed by atoms with Crippen LogP contribution in [0.15, 0.2) is 21.5 Å². The molecular weight excluding hydrogens is 521 g/mol. The molecule has 0 amide bonds. The van der Waals surface area contributed by atoms with E-state index >= 15 is 0 Å². The molecule has 3 rings (SSSR count). The van der Waals surface area contributed by atoms with Crippen molar-refractivity contribution in [2.75, 3.05) is 33.7 Å². The predicted octanol–water partition coefficient (Wildman–Crippen LogP) is 4.54. The highest BCUT2D eigenvalue weighted by Gasteiger charge is 2.21. The molecule has 9 heteroatoms. The van der Waals surface area contributed by atoms with Crippen molar-refractivity contribution in [2.24, 2.45) is 10.9 Å². The molecule has 2 aromatic heterocycles. The van der Waals surface area contributed by atoms with Crippen LogP contribution in [-0.2, 0) is 13.1 Å². The number of aryl methyl sites for hydroxylation is 2. The number of aromatic nitrogens is 1. The van der Waals surface area contributed by atoms with Crippen molar-refractivity contribution in [2.45, 2.75) is 39.8 Å². The first-order valence-corrected chi connectivity index (χ1v) is 10.9. The number of thiophene rings is 1. The summed E-state index contributed by atoms with van der Waals surface area (Å²) >= 11 is 7.65.